The monoisotopic (exact) mass is 642 g/mol. The van der Waals surface area contributed by atoms with Crippen molar-refractivity contribution in [2.45, 2.75) is 0 Å². The van der Waals surface area contributed by atoms with E-state index >= 15 is 0 Å². The lowest BCUT2D eigenvalue weighted by molar-refractivity contribution is 1.18. The van der Waals surface area contributed by atoms with E-state index in [4.69, 9.17) is 0 Å². The Balaban J connectivity index is 1.27. The predicted molar refractivity (Wildman–Crippen MR) is 211 cm³/mol. The molecule has 0 amide bonds. The van der Waals surface area contributed by atoms with Crippen molar-refractivity contribution in [1.82, 2.24) is 4.57 Å². The van der Waals surface area contributed by atoms with Gasteiger partial charge < -0.3 is 9.47 Å². The third-order valence-corrected chi connectivity index (χ3v) is 10.9. The first-order valence-electron chi connectivity index (χ1n) is 16.7. The van der Waals surface area contributed by atoms with E-state index in [1.807, 2.05) is 11.3 Å². The van der Waals surface area contributed by atoms with E-state index < -0.39 is 0 Å². The summed E-state index contributed by atoms with van der Waals surface area (Å²) in [5, 5.41) is 7.57. The average molecular weight is 643 g/mol. The SMILES string of the molecule is c1ccc(-c2ccccc2N(c2ccc3c(c2)c2ccccc2n3-c2ccccc2)c2cccc3cc4c(cc23)sc2ccccc24)cc1. The molecule has 0 bridgehead atoms. The molecule has 0 aliphatic rings. The maximum absolute atomic E-state index is 2.47. The Morgan fingerprint density at radius 1 is 0.408 bits per heavy atom. The van der Waals surface area contributed by atoms with Gasteiger partial charge in [-0.15, -0.1) is 11.3 Å². The molecule has 0 fully saturated rings. The highest BCUT2D eigenvalue weighted by Gasteiger charge is 2.22. The highest BCUT2D eigenvalue weighted by Crippen LogP contribution is 2.46. The lowest BCUT2D eigenvalue weighted by Crippen LogP contribution is -2.11. The molecule has 49 heavy (non-hydrogen) atoms. The Kier molecular flexibility index (Phi) is 6.39. The number of benzene rings is 8. The van der Waals surface area contributed by atoms with Gasteiger partial charge in [0.1, 0.15) is 0 Å². The van der Waals surface area contributed by atoms with Gasteiger partial charge in [-0.2, -0.15) is 0 Å². The van der Waals surface area contributed by atoms with Crippen LogP contribution in [0.1, 0.15) is 0 Å². The standard InChI is InChI=1S/C46H30N2S/c1-3-14-31(15-4-1)35-19-7-10-22-41(35)48(43-24-13-16-32-28-40-37-21-9-12-25-45(37)49-46(40)30-38(32)43)34-26-27-44-39(29-34)36-20-8-11-23-42(36)47(44)33-17-5-2-6-18-33/h1-30H. The molecule has 2 nitrogen and oxygen atoms in total. The molecule has 10 rings (SSSR count). The minimum Gasteiger partial charge on any atom is -0.309 e. The van der Waals surface area contributed by atoms with Crippen molar-refractivity contribution in [3.8, 4) is 16.8 Å². The third-order valence-electron chi connectivity index (χ3n) is 9.75. The Hall–Kier alpha value is -6.16. The van der Waals surface area contributed by atoms with E-state index in [0.29, 0.717) is 0 Å². The number of hydrogen-bond donors (Lipinski definition) is 0. The average Bonchev–Trinajstić information content (AvgIpc) is 3.70. The molecule has 0 N–H and O–H groups in total. The lowest BCUT2D eigenvalue weighted by atomic mass is 9.99. The molecule has 2 aromatic heterocycles. The second kappa shape index (κ2) is 11.2. The minimum absolute atomic E-state index is 1.12. The third kappa shape index (κ3) is 4.47. The number of fused-ring (bicyclic) bond motifs is 7. The second-order valence-corrected chi connectivity index (χ2v) is 13.6. The zero-order valence-corrected chi connectivity index (χ0v) is 27.4. The van der Waals surface area contributed by atoms with E-state index in [2.05, 4.69) is 191 Å². The lowest BCUT2D eigenvalue weighted by Gasteiger charge is -2.29. The van der Waals surface area contributed by atoms with E-state index in [-0.39, 0.29) is 0 Å². The van der Waals surface area contributed by atoms with Crippen molar-refractivity contribution in [2.75, 3.05) is 4.90 Å². The fourth-order valence-electron chi connectivity index (χ4n) is 7.57. The van der Waals surface area contributed by atoms with E-state index in [9.17, 15) is 0 Å². The summed E-state index contributed by atoms with van der Waals surface area (Å²) >= 11 is 1.87. The first-order chi connectivity index (χ1) is 24.3. The summed E-state index contributed by atoms with van der Waals surface area (Å²) in [7, 11) is 0. The first kappa shape index (κ1) is 27.9. The molecule has 0 aliphatic heterocycles. The number of para-hydroxylation sites is 3. The summed E-state index contributed by atoms with van der Waals surface area (Å²) in [6.45, 7) is 0. The number of nitrogens with zero attached hydrogens (tertiary/aromatic N) is 2. The van der Waals surface area contributed by atoms with Crippen molar-refractivity contribution in [3.63, 3.8) is 0 Å². The molecule has 0 aliphatic carbocycles. The van der Waals surface area contributed by atoms with Crippen LogP contribution < -0.4 is 4.90 Å². The summed E-state index contributed by atoms with van der Waals surface area (Å²) in [6, 6.07) is 66.2. The number of anilines is 3. The number of thiophene rings is 1. The molecule has 0 saturated heterocycles. The van der Waals surface area contributed by atoms with Crippen LogP contribution in [0.2, 0.25) is 0 Å². The van der Waals surface area contributed by atoms with Gasteiger partial charge in [0.25, 0.3) is 0 Å². The summed E-state index contributed by atoms with van der Waals surface area (Å²) in [4.78, 5) is 2.47. The van der Waals surface area contributed by atoms with Crippen LogP contribution in [0.3, 0.4) is 0 Å². The van der Waals surface area contributed by atoms with Crippen LogP contribution in [-0.4, -0.2) is 4.57 Å². The van der Waals surface area contributed by atoms with Crippen LogP contribution in [0, 0.1) is 0 Å². The summed E-state index contributed by atoms with van der Waals surface area (Å²) in [6.07, 6.45) is 0. The zero-order chi connectivity index (χ0) is 32.3. The molecule has 2 heterocycles. The smallest absolute Gasteiger partial charge is 0.0542 e. The van der Waals surface area contributed by atoms with Crippen LogP contribution in [0.4, 0.5) is 17.1 Å². The van der Waals surface area contributed by atoms with Crippen molar-refractivity contribution in [2.24, 2.45) is 0 Å². The van der Waals surface area contributed by atoms with Gasteiger partial charge in [0.15, 0.2) is 0 Å². The number of hydrogen-bond acceptors (Lipinski definition) is 2. The van der Waals surface area contributed by atoms with E-state index in [1.54, 1.807) is 0 Å². The van der Waals surface area contributed by atoms with E-state index in [1.165, 1.54) is 63.9 Å². The Labute approximate surface area is 288 Å². The largest absolute Gasteiger partial charge is 0.309 e. The molecular formula is C46H30N2S. The molecule has 0 atom stereocenters. The van der Waals surface area contributed by atoms with Gasteiger partial charge >= 0.3 is 0 Å². The van der Waals surface area contributed by atoms with Crippen LogP contribution in [-0.2, 0) is 0 Å². The Morgan fingerprint density at radius 3 is 1.98 bits per heavy atom. The molecule has 0 radical (unpaired) electrons. The van der Waals surface area contributed by atoms with Crippen LogP contribution in [0.25, 0.3) is 69.6 Å². The van der Waals surface area contributed by atoms with Crippen LogP contribution in [0.5, 0.6) is 0 Å². The van der Waals surface area contributed by atoms with Gasteiger partial charge in [0.2, 0.25) is 0 Å². The highest BCUT2D eigenvalue weighted by atomic mass is 32.1. The fraction of sp³-hybridized carbons (Fsp3) is 0. The quantitative estimate of drug-likeness (QED) is 0.181. The zero-order valence-electron chi connectivity index (χ0n) is 26.6. The molecule has 3 heteroatoms. The highest BCUT2D eigenvalue weighted by molar-refractivity contribution is 7.25. The predicted octanol–water partition coefficient (Wildman–Crippen LogP) is 13.4. The maximum Gasteiger partial charge on any atom is 0.0542 e. The van der Waals surface area contributed by atoms with E-state index in [0.717, 1.165) is 22.7 Å². The summed E-state index contributed by atoms with van der Waals surface area (Å²) < 4.78 is 5.01. The van der Waals surface area contributed by atoms with Gasteiger partial charge in [-0.3, -0.25) is 0 Å². The number of rotatable bonds is 5. The van der Waals surface area contributed by atoms with Gasteiger partial charge in [-0.1, -0.05) is 115 Å². The molecule has 0 unspecified atom stereocenters. The van der Waals surface area contributed by atoms with Crippen LogP contribution in [0.15, 0.2) is 182 Å². The molecular weight excluding hydrogens is 613 g/mol. The maximum atomic E-state index is 2.47. The molecule has 0 saturated carbocycles. The molecule has 10 aromatic rings. The van der Waals surface area contributed by atoms with Gasteiger partial charge in [0, 0.05) is 53.3 Å². The van der Waals surface area contributed by atoms with Crippen molar-refractivity contribution in [1.29, 1.82) is 0 Å². The van der Waals surface area contributed by atoms with Crippen LogP contribution >= 0.6 is 11.3 Å². The molecule has 230 valence electrons. The fourth-order valence-corrected chi connectivity index (χ4v) is 8.70. The van der Waals surface area contributed by atoms with Gasteiger partial charge in [0.05, 0.1) is 22.4 Å². The Bertz CT molecular complexity index is 2830. The number of aromatic nitrogens is 1. The van der Waals surface area contributed by atoms with Gasteiger partial charge in [-0.25, -0.2) is 0 Å². The molecule has 8 aromatic carbocycles. The first-order valence-corrected chi connectivity index (χ1v) is 17.5. The minimum atomic E-state index is 1.12. The topological polar surface area (TPSA) is 8.17 Å². The molecule has 0 spiro atoms. The van der Waals surface area contributed by atoms with Gasteiger partial charge in [-0.05, 0) is 77.7 Å². The second-order valence-electron chi connectivity index (χ2n) is 12.6. The van der Waals surface area contributed by atoms with Crippen molar-refractivity contribution in [3.05, 3.63) is 182 Å². The van der Waals surface area contributed by atoms with Crippen molar-refractivity contribution >= 4 is 81.1 Å². The van der Waals surface area contributed by atoms with Crippen molar-refractivity contribution < 1.29 is 0 Å². The summed E-state index contributed by atoms with van der Waals surface area (Å²) in [5.74, 6) is 0. The summed E-state index contributed by atoms with van der Waals surface area (Å²) in [5.41, 5.74) is 9.36. The Morgan fingerprint density at radius 2 is 1.10 bits per heavy atom. The normalized spacial score (nSPS) is 11.7.